The van der Waals surface area contributed by atoms with Gasteiger partial charge in [-0.3, -0.25) is 0 Å². The lowest BCUT2D eigenvalue weighted by atomic mass is 9.97. The van der Waals surface area contributed by atoms with Crippen molar-refractivity contribution in [3.63, 3.8) is 0 Å². The third-order valence-corrected chi connectivity index (χ3v) is 12.5. The third-order valence-electron chi connectivity index (χ3n) is 10.1. The van der Waals surface area contributed by atoms with E-state index in [1.54, 1.807) is 0 Å². The SMILES string of the molecule is c1ccc(-c2nc(-c3cccc4c3sc3c4ccc4c(-c5ccccc5)nc5ccccc5c43)cc(-c3cccc4sc5ccccc5c34)n2)cc1. The van der Waals surface area contributed by atoms with Crippen LogP contribution in [0.25, 0.3) is 107 Å². The van der Waals surface area contributed by atoms with Crippen LogP contribution in [0.5, 0.6) is 0 Å². The molecule has 4 heterocycles. The predicted octanol–water partition coefficient (Wildman–Crippen LogP) is 13.6. The van der Waals surface area contributed by atoms with Crippen LogP contribution < -0.4 is 0 Å². The fourth-order valence-corrected chi connectivity index (χ4v) is 10.3. The highest BCUT2D eigenvalue weighted by Crippen LogP contribution is 2.47. The fourth-order valence-electron chi connectivity index (χ4n) is 7.74. The molecule has 0 aliphatic heterocycles. The van der Waals surface area contributed by atoms with Gasteiger partial charge < -0.3 is 0 Å². The van der Waals surface area contributed by atoms with Crippen molar-refractivity contribution in [3.8, 4) is 45.2 Å². The number of para-hydroxylation sites is 1. The lowest BCUT2D eigenvalue weighted by Crippen LogP contribution is -1.96. The summed E-state index contributed by atoms with van der Waals surface area (Å²) in [4.78, 5) is 15.8. The Labute approximate surface area is 307 Å². The summed E-state index contributed by atoms with van der Waals surface area (Å²) in [6, 6.07) is 58.0. The molecule has 0 amide bonds. The van der Waals surface area contributed by atoms with E-state index in [0.29, 0.717) is 0 Å². The minimum atomic E-state index is 0.720. The highest BCUT2D eigenvalue weighted by atomic mass is 32.1. The summed E-state index contributed by atoms with van der Waals surface area (Å²) >= 11 is 3.68. The topological polar surface area (TPSA) is 38.7 Å². The van der Waals surface area contributed by atoms with Crippen LogP contribution in [0.4, 0.5) is 0 Å². The Morgan fingerprint density at radius 2 is 0.981 bits per heavy atom. The van der Waals surface area contributed by atoms with Gasteiger partial charge in [0.1, 0.15) is 0 Å². The van der Waals surface area contributed by atoms with Crippen molar-refractivity contribution in [1.82, 2.24) is 15.0 Å². The van der Waals surface area contributed by atoms with Gasteiger partial charge in [-0.2, -0.15) is 0 Å². The van der Waals surface area contributed by atoms with Gasteiger partial charge in [-0.15, -0.1) is 22.7 Å². The van der Waals surface area contributed by atoms with Crippen LogP contribution in [0.15, 0.2) is 164 Å². The molecule has 5 heteroatoms. The summed E-state index contributed by atoms with van der Waals surface area (Å²) in [7, 11) is 0. The number of rotatable bonds is 4. The molecular weight excluding hydrogens is 671 g/mol. The average molecular weight is 698 g/mol. The summed E-state index contributed by atoms with van der Waals surface area (Å²) in [6.07, 6.45) is 0. The van der Waals surface area contributed by atoms with Gasteiger partial charge in [-0.25, -0.2) is 15.0 Å². The Hall–Kier alpha value is -6.27. The van der Waals surface area contributed by atoms with Crippen LogP contribution in [0, 0.1) is 0 Å². The number of pyridine rings is 1. The van der Waals surface area contributed by atoms with Crippen LogP contribution in [-0.2, 0) is 0 Å². The number of nitrogens with zero attached hydrogens (tertiary/aromatic N) is 3. The molecule has 0 radical (unpaired) electrons. The number of aromatic nitrogens is 3. The molecule has 242 valence electrons. The van der Waals surface area contributed by atoms with E-state index in [9.17, 15) is 0 Å². The van der Waals surface area contributed by atoms with Gasteiger partial charge in [0.25, 0.3) is 0 Å². The molecule has 0 fully saturated rings. The van der Waals surface area contributed by atoms with Gasteiger partial charge in [0.2, 0.25) is 0 Å². The molecule has 11 aromatic rings. The predicted molar refractivity (Wildman–Crippen MR) is 222 cm³/mol. The Balaban J connectivity index is 1.20. The summed E-state index contributed by atoms with van der Waals surface area (Å²) in [5, 5.41) is 8.56. The zero-order valence-electron chi connectivity index (χ0n) is 27.7. The number of fused-ring (bicyclic) bond motifs is 10. The van der Waals surface area contributed by atoms with Crippen molar-refractivity contribution in [3.05, 3.63) is 164 Å². The van der Waals surface area contributed by atoms with Gasteiger partial charge in [0, 0.05) is 78.8 Å². The van der Waals surface area contributed by atoms with E-state index in [2.05, 4.69) is 158 Å². The van der Waals surface area contributed by atoms with Gasteiger partial charge >= 0.3 is 0 Å². The molecule has 0 bridgehead atoms. The van der Waals surface area contributed by atoms with E-state index in [4.69, 9.17) is 15.0 Å². The van der Waals surface area contributed by atoms with Crippen molar-refractivity contribution in [2.24, 2.45) is 0 Å². The molecule has 0 atom stereocenters. The summed E-state index contributed by atoms with van der Waals surface area (Å²) in [6.45, 7) is 0. The van der Waals surface area contributed by atoms with Crippen LogP contribution in [0.1, 0.15) is 0 Å². The molecule has 0 N–H and O–H groups in total. The standard InChI is InChI=1S/C47H27N3S2/c1-3-13-28(14-4-1)44-36-26-25-31-30-19-11-21-34(45(30)52-46(31)43(36)32-17-7-9-22-37(32)48-44)39-27-38(49-47(50-39)29-15-5-2-6-16-29)33-20-12-24-41-42(33)35-18-8-10-23-40(35)51-41/h1-27H. The maximum absolute atomic E-state index is 5.30. The normalized spacial score (nSPS) is 11.8. The summed E-state index contributed by atoms with van der Waals surface area (Å²) in [5.74, 6) is 0.720. The van der Waals surface area contributed by atoms with Crippen LogP contribution in [-0.4, -0.2) is 15.0 Å². The molecule has 0 aliphatic carbocycles. The molecule has 0 saturated carbocycles. The van der Waals surface area contributed by atoms with Gasteiger partial charge in [0.05, 0.1) is 22.6 Å². The molecule has 0 saturated heterocycles. The minimum Gasteiger partial charge on any atom is -0.247 e. The van der Waals surface area contributed by atoms with Crippen molar-refractivity contribution in [2.45, 2.75) is 0 Å². The lowest BCUT2D eigenvalue weighted by molar-refractivity contribution is 1.19. The van der Waals surface area contributed by atoms with Crippen molar-refractivity contribution in [1.29, 1.82) is 0 Å². The number of benzene rings is 7. The largest absolute Gasteiger partial charge is 0.247 e. The summed E-state index contributed by atoms with van der Waals surface area (Å²) < 4.78 is 5.02. The monoisotopic (exact) mass is 697 g/mol. The van der Waals surface area contributed by atoms with Gasteiger partial charge in [-0.1, -0.05) is 140 Å². The zero-order chi connectivity index (χ0) is 34.2. The Bertz CT molecular complexity index is 3180. The number of thiophene rings is 2. The number of hydrogen-bond acceptors (Lipinski definition) is 5. The zero-order valence-corrected chi connectivity index (χ0v) is 29.4. The second-order valence-electron chi connectivity index (χ2n) is 13.1. The van der Waals surface area contributed by atoms with E-state index in [-0.39, 0.29) is 0 Å². The molecule has 4 aromatic heterocycles. The maximum atomic E-state index is 5.30. The molecule has 3 nitrogen and oxygen atoms in total. The second-order valence-corrected chi connectivity index (χ2v) is 15.2. The highest BCUT2D eigenvalue weighted by Gasteiger charge is 2.20. The summed E-state index contributed by atoms with van der Waals surface area (Å²) in [5.41, 5.74) is 8.20. The second kappa shape index (κ2) is 11.6. The molecule has 0 aliphatic rings. The van der Waals surface area contributed by atoms with Gasteiger partial charge in [0.15, 0.2) is 5.82 Å². The van der Waals surface area contributed by atoms with Gasteiger partial charge in [-0.05, 0) is 24.3 Å². The molecule has 11 rings (SSSR count). The highest BCUT2D eigenvalue weighted by molar-refractivity contribution is 7.27. The van der Waals surface area contributed by atoms with Crippen LogP contribution in [0.3, 0.4) is 0 Å². The third kappa shape index (κ3) is 4.53. The minimum absolute atomic E-state index is 0.720. The molecule has 52 heavy (non-hydrogen) atoms. The Kier molecular flexibility index (Phi) is 6.59. The molecule has 0 unspecified atom stereocenters. The average Bonchev–Trinajstić information content (AvgIpc) is 3.80. The molecule has 0 spiro atoms. The van der Waals surface area contributed by atoms with E-state index >= 15 is 0 Å². The quantitative estimate of drug-likeness (QED) is 0.172. The first-order valence-electron chi connectivity index (χ1n) is 17.4. The van der Waals surface area contributed by atoms with Crippen molar-refractivity contribution >= 4 is 84.7 Å². The van der Waals surface area contributed by atoms with Crippen LogP contribution >= 0.6 is 22.7 Å². The lowest BCUT2D eigenvalue weighted by Gasteiger charge is -2.11. The first-order chi connectivity index (χ1) is 25.8. The van der Waals surface area contributed by atoms with Crippen LogP contribution in [0.2, 0.25) is 0 Å². The maximum Gasteiger partial charge on any atom is 0.160 e. The smallest absolute Gasteiger partial charge is 0.160 e. The Morgan fingerprint density at radius 1 is 0.365 bits per heavy atom. The van der Waals surface area contributed by atoms with Crippen molar-refractivity contribution < 1.29 is 0 Å². The molecule has 7 aromatic carbocycles. The molecular formula is C47H27N3S2. The number of hydrogen-bond donors (Lipinski definition) is 0. The van der Waals surface area contributed by atoms with E-state index in [1.165, 1.54) is 51.1 Å². The first kappa shape index (κ1) is 29.5. The van der Waals surface area contributed by atoms with E-state index in [0.717, 1.165) is 56.1 Å². The van der Waals surface area contributed by atoms with E-state index in [1.807, 2.05) is 28.7 Å². The fraction of sp³-hybridized carbons (Fsp3) is 0. The first-order valence-corrected chi connectivity index (χ1v) is 19.0. The van der Waals surface area contributed by atoms with E-state index < -0.39 is 0 Å². The Morgan fingerprint density at radius 3 is 1.83 bits per heavy atom. The van der Waals surface area contributed by atoms with Crippen molar-refractivity contribution in [2.75, 3.05) is 0 Å².